The van der Waals surface area contributed by atoms with Gasteiger partial charge in [0.15, 0.2) is 6.10 Å². The van der Waals surface area contributed by atoms with Gasteiger partial charge < -0.3 is 15.2 Å². The van der Waals surface area contributed by atoms with Crippen molar-refractivity contribution in [1.29, 1.82) is 0 Å². The molecule has 2 fully saturated rings. The van der Waals surface area contributed by atoms with Gasteiger partial charge in [0.1, 0.15) is 6.10 Å². The second-order valence-electron chi connectivity index (χ2n) is 6.76. The van der Waals surface area contributed by atoms with Gasteiger partial charge in [0, 0.05) is 6.54 Å². The summed E-state index contributed by atoms with van der Waals surface area (Å²) in [5.41, 5.74) is 1.44. The van der Waals surface area contributed by atoms with Gasteiger partial charge in [0.25, 0.3) is 0 Å². The van der Waals surface area contributed by atoms with E-state index in [1.165, 1.54) is 12.0 Å². The molecule has 0 aromatic heterocycles. The summed E-state index contributed by atoms with van der Waals surface area (Å²) >= 11 is 0. The second-order valence-corrected chi connectivity index (χ2v) is 6.76. The molecule has 0 bridgehead atoms. The number of ether oxygens (including phenoxy) is 1. The van der Waals surface area contributed by atoms with Crippen molar-refractivity contribution >= 4 is 11.9 Å². The fourth-order valence-electron chi connectivity index (χ4n) is 3.52. The molecule has 2 aliphatic rings. The molecular weight excluding hydrogens is 294 g/mol. The molecule has 2 atom stereocenters. The van der Waals surface area contributed by atoms with Crippen molar-refractivity contribution in [2.24, 2.45) is 5.41 Å². The lowest BCUT2D eigenvalue weighted by Gasteiger charge is -2.42. The molecule has 0 unspecified atom stereocenters. The zero-order chi connectivity index (χ0) is 16.3. The molecule has 2 N–H and O–H groups in total. The SMILES string of the molecule is O=C(NCC1(Cc2ccccc2)CCC1)[C@@H]1CC[C@H](C(=O)O)O1. The van der Waals surface area contributed by atoms with Crippen molar-refractivity contribution in [3.8, 4) is 0 Å². The Balaban J connectivity index is 1.52. The Morgan fingerprint density at radius 1 is 1.17 bits per heavy atom. The average molecular weight is 317 g/mol. The van der Waals surface area contributed by atoms with E-state index in [1.54, 1.807) is 0 Å². The Morgan fingerprint density at radius 2 is 1.87 bits per heavy atom. The topological polar surface area (TPSA) is 75.6 Å². The Kier molecular flexibility index (Phi) is 4.66. The van der Waals surface area contributed by atoms with Crippen LogP contribution in [0.15, 0.2) is 30.3 Å². The molecule has 1 saturated carbocycles. The summed E-state index contributed by atoms with van der Waals surface area (Å²) < 4.78 is 5.31. The van der Waals surface area contributed by atoms with E-state index >= 15 is 0 Å². The molecule has 23 heavy (non-hydrogen) atoms. The largest absolute Gasteiger partial charge is 0.479 e. The maximum atomic E-state index is 12.2. The second kappa shape index (κ2) is 6.71. The molecule has 1 aromatic rings. The van der Waals surface area contributed by atoms with Crippen LogP contribution in [0.5, 0.6) is 0 Å². The Bertz CT molecular complexity index is 568. The highest BCUT2D eigenvalue weighted by atomic mass is 16.5. The first-order valence-corrected chi connectivity index (χ1v) is 8.28. The van der Waals surface area contributed by atoms with Crippen LogP contribution in [0, 0.1) is 5.41 Å². The molecule has 1 aliphatic heterocycles. The van der Waals surface area contributed by atoms with Gasteiger partial charge in [-0.3, -0.25) is 4.79 Å². The number of nitrogens with one attached hydrogen (secondary N) is 1. The molecule has 3 rings (SSSR count). The minimum absolute atomic E-state index is 0.141. The highest BCUT2D eigenvalue weighted by Gasteiger charge is 2.39. The number of hydrogen-bond donors (Lipinski definition) is 2. The lowest BCUT2D eigenvalue weighted by atomic mass is 9.65. The molecule has 0 spiro atoms. The average Bonchev–Trinajstić information content (AvgIpc) is 3.01. The highest BCUT2D eigenvalue weighted by molar-refractivity contribution is 5.82. The first-order chi connectivity index (χ1) is 11.1. The molecule has 1 heterocycles. The smallest absolute Gasteiger partial charge is 0.332 e. The van der Waals surface area contributed by atoms with Crippen molar-refractivity contribution in [2.75, 3.05) is 6.54 Å². The standard InChI is InChI=1S/C18H23NO4/c20-16(14-7-8-15(23-14)17(21)22)19-12-18(9-4-10-18)11-13-5-2-1-3-6-13/h1-3,5-6,14-15H,4,7-12H2,(H,19,20)(H,21,22)/t14-,15+/m0/s1. The molecule has 1 amide bonds. The van der Waals surface area contributed by atoms with E-state index in [9.17, 15) is 9.59 Å². The maximum absolute atomic E-state index is 12.2. The van der Waals surface area contributed by atoms with Crippen LogP contribution in [0.25, 0.3) is 0 Å². The third-order valence-corrected chi connectivity index (χ3v) is 5.06. The summed E-state index contributed by atoms with van der Waals surface area (Å²) in [5.74, 6) is -1.16. The Hall–Kier alpha value is -1.88. The third kappa shape index (κ3) is 3.72. The van der Waals surface area contributed by atoms with Crippen molar-refractivity contribution in [3.05, 3.63) is 35.9 Å². The molecule has 1 aromatic carbocycles. The monoisotopic (exact) mass is 317 g/mol. The van der Waals surface area contributed by atoms with Gasteiger partial charge in [0.2, 0.25) is 5.91 Å². The molecule has 0 radical (unpaired) electrons. The summed E-state index contributed by atoms with van der Waals surface area (Å²) in [6.07, 6.45) is 3.83. The van der Waals surface area contributed by atoms with Crippen LogP contribution in [-0.4, -0.2) is 35.7 Å². The van der Waals surface area contributed by atoms with E-state index in [0.29, 0.717) is 19.4 Å². The van der Waals surface area contributed by atoms with Crippen molar-refractivity contribution in [2.45, 2.75) is 50.7 Å². The summed E-state index contributed by atoms with van der Waals surface area (Å²) in [4.78, 5) is 23.1. The highest BCUT2D eigenvalue weighted by Crippen LogP contribution is 2.43. The van der Waals surface area contributed by atoms with Crippen LogP contribution in [0.3, 0.4) is 0 Å². The van der Waals surface area contributed by atoms with E-state index in [2.05, 4.69) is 17.4 Å². The predicted molar refractivity (Wildman–Crippen MR) is 85.0 cm³/mol. The van der Waals surface area contributed by atoms with E-state index < -0.39 is 18.2 Å². The fraction of sp³-hybridized carbons (Fsp3) is 0.556. The van der Waals surface area contributed by atoms with Crippen molar-refractivity contribution in [3.63, 3.8) is 0 Å². The van der Waals surface area contributed by atoms with Crippen LogP contribution in [0.4, 0.5) is 0 Å². The van der Waals surface area contributed by atoms with Gasteiger partial charge in [-0.1, -0.05) is 36.8 Å². The van der Waals surface area contributed by atoms with Crippen LogP contribution in [-0.2, 0) is 20.7 Å². The van der Waals surface area contributed by atoms with E-state index in [1.807, 2.05) is 18.2 Å². The molecule has 1 saturated heterocycles. The Morgan fingerprint density at radius 3 is 2.43 bits per heavy atom. The summed E-state index contributed by atoms with van der Waals surface area (Å²) in [6, 6.07) is 10.3. The van der Waals surface area contributed by atoms with Crippen molar-refractivity contribution in [1.82, 2.24) is 5.32 Å². The quantitative estimate of drug-likeness (QED) is 0.843. The van der Waals surface area contributed by atoms with Gasteiger partial charge in [-0.2, -0.15) is 0 Å². The lowest BCUT2D eigenvalue weighted by Crippen LogP contribution is -2.46. The van der Waals surface area contributed by atoms with Crippen molar-refractivity contribution < 1.29 is 19.4 Å². The zero-order valence-electron chi connectivity index (χ0n) is 13.2. The molecule has 5 heteroatoms. The molecular formula is C18H23NO4. The fourth-order valence-corrected chi connectivity index (χ4v) is 3.52. The van der Waals surface area contributed by atoms with Gasteiger partial charge in [-0.25, -0.2) is 4.79 Å². The summed E-state index contributed by atoms with van der Waals surface area (Å²) in [6.45, 7) is 0.637. The first-order valence-electron chi connectivity index (χ1n) is 8.28. The van der Waals surface area contributed by atoms with Crippen LogP contribution in [0.1, 0.15) is 37.7 Å². The predicted octanol–water partition coefficient (Wildman–Crippen LogP) is 2.15. The van der Waals surface area contributed by atoms with Gasteiger partial charge in [-0.05, 0) is 43.1 Å². The van der Waals surface area contributed by atoms with Gasteiger partial charge in [0.05, 0.1) is 0 Å². The van der Waals surface area contributed by atoms with Crippen LogP contribution in [0.2, 0.25) is 0 Å². The minimum Gasteiger partial charge on any atom is -0.479 e. The van der Waals surface area contributed by atoms with Gasteiger partial charge >= 0.3 is 5.97 Å². The molecule has 124 valence electrons. The number of aliphatic carboxylic acids is 1. The normalized spacial score (nSPS) is 25.6. The number of carboxylic acids is 1. The first kappa shape index (κ1) is 16.0. The number of hydrogen-bond acceptors (Lipinski definition) is 3. The van der Waals surface area contributed by atoms with E-state index in [0.717, 1.165) is 19.3 Å². The number of rotatable bonds is 6. The maximum Gasteiger partial charge on any atom is 0.332 e. The van der Waals surface area contributed by atoms with E-state index in [-0.39, 0.29) is 11.3 Å². The molecule has 1 aliphatic carbocycles. The number of benzene rings is 1. The lowest BCUT2D eigenvalue weighted by molar-refractivity contribution is -0.152. The number of amides is 1. The van der Waals surface area contributed by atoms with Crippen LogP contribution < -0.4 is 5.32 Å². The minimum atomic E-state index is -0.986. The molecule has 5 nitrogen and oxygen atoms in total. The summed E-state index contributed by atoms with van der Waals surface area (Å²) in [5, 5.41) is 11.9. The summed E-state index contributed by atoms with van der Waals surface area (Å²) in [7, 11) is 0. The van der Waals surface area contributed by atoms with Crippen LogP contribution >= 0.6 is 0 Å². The van der Waals surface area contributed by atoms with E-state index in [4.69, 9.17) is 9.84 Å². The zero-order valence-corrected chi connectivity index (χ0v) is 13.2. The van der Waals surface area contributed by atoms with Gasteiger partial charge in [-0.15, -0.1) is 0 Å². The number of carbonyl (C=O) groups is 2. The Labute approximate surface area is 136 Å². The third-order valence-electron chi connectivity index (χ3n) is 5.06. The number of carboxylic acid groups (broad SMARTS) is 1. The number of carbonyl (C=O) groups excluding carboxylic acids is 1.